The van der Waals surface area contributed by atoms with Crippen molar-refractivity contribution in [1.82, 2.24) is 0 Å². The monoisotopic (exact) mass is 707 g/mol. The normalized spacial score (nSPS) is 15.5. The van der Waals surface area contributed by atoms with Gasteiger partial charge in [0, 0.05) is 33.3 Å². The van der Waals surface area contributed by atoms with Crippen molar-refractivity contribution in [2.24, 2.45) is 0 Å². The molecule has 0 spiro atoms. The van der Waals surface area contributed by atoms with Crippen LogP contribution in [0.15, 0.2) is 176 Å². The highest BCUT2D eigenvalue weighted by atomic mass is 15.1. The molecule has 7 aromatic carbocycles. The summed E-state index contributed by atoms with van der Waals surface area (Å²) in [7, 11) is 0. The van der Waals surface area contributed by atoms with Crippen LogP contribution >= 0.6 is 0 Å². The predicted molar refractivity (Wildman–Crippen MR) is 233 cm³/mol. The molecule has 0 N–H and O–H groups in total. The van der Waals surface area contributed by atoms with Crippen molar-refractivity contribution in [3.8, 4) is 44.5 Å². The van der Waals surface area contributed by atoms with Crippen LogP contribution < -0.4 is 4.90 Å². The molecule has 266 valence electrons. The Balaban J connectivity index is 1.21. The van der Waals surface area contributed by atoms with E-state index in [1.807, 2.05) is 0 Å². The molecule has 0 bridgehead atoms. The van der Waals surface area contributed by atoms with E-state index in [2.05, 4.69) is 209 Å². The van der Waals surface area contributed by atoms with E-state index in [1.165, 1.54) is 83.6 Å². The number of hydrogen-bond acceptors (Lipinski definition) is 1. The highest BCUT2D eigenvalue weighted by Crippen LogP contribution is 2.63. The molecule has 0 saturated heterocycles. The van der Waals surface area contributed by atoms with Crippen LogP contribution in [0.1, 0.15) is 68.4 Å². The third-order valence-electron chi connectivity index (χ3n) is 12.6. The molecule has 1 heteroatoms. The molecule has 0 unspecified atom stereocenters. The van der Waals surface area contributed by atoms with Gasteiger partial charge in [-0.15, -0.1) is 0 Å². The molecular weight excluding hydrogens is 663 g/mol. The molecule has 1 nitrogen and oxygen atoms in total. The van der Waals surface area contributed by atoms with Crippen molar-refractivity contribution in [2.45, 2.75) is 51.4 Å². The van der Waals surface area contributed by atoms with E-state index < -0.39 is 0 Å². The predicted octanol–water partition coefficient (Wildman–Crippen LogP) is 14.8. The maximum atomic E-state index is 2.57. The van der Waals surface area contributed by atoms with Crippen molar-refractivity contribution >= 4 is 22.6 Å². The second-order valence-corrected chi connectivity index (χ2v) is 16.4. The van der Waals surface area contributed by atoms with Crippen LogP contribution in [0.25, 0.3) is 50.1 Å². The Hall–Kier alpha value is -6.18. The average Bonchev–Trinajstić information content (AvgIpc) is 3.61. The molecule has 0 amide bonds. The summed E-state index contributed by atoms with van der Waals surface area (Å²) in [6.45, 7) is 9.68. The van der Waals surface area contributed by atoms with Gasteiger partial charge in [-0.25, -0.2) is 0 Å². The molecule has 0 radical (unpaired) electrons. The first-order chi connectivity index (χ1) is 26.8. The van der Waals surface area contributed by atoms with Gasteiger partial charge in [0.2, 0.25) is 0 Å². The first-order valence-corrected chi connectivity index (χ1v) is 19.7. The summed E-state index contributed by atoms with van der Waals surface area (Å²) < 4.78 is 0. The second kappa shape index (κ2) is 12.7. The minimum atomic E-state index is -0.170. The van der Waals surface area contributed by atoms with E-state index in [4.69, 9.17) is 0 Å². The lowest BCUT2D eigenvalue weighted by atomic mass is 9.77. The summed E-state index contributed by atoms with van der Waals surface area (Å²) in [6, 6.07) is 58.8. The summed E-state index contributed by atoms with van der Waals surface area (Å²) in [6.07, 6.45) is 8.96. The number of nitrogens with zero attached hydrogens (tertiary/aromatic N) is 1. The number of benzene rings is 7. The third-order valence-corrected chi connectivity index (χ3v) is 12.6. The van der Waals surface area contributed by atoms with Crippen molar-refractivity contribution < 1.29 is 0 Å². The van der Waals surface area contributed by atoms with Crippen molar-refractivity contribution in [3.63, 3.8) is 0 Å². The Labute approximate surface area is 326 Å². The minimum absolute atomic E-state index is 0.150. The fourth-order valence-electron chi connectivity index (χ4n) is 9.57. The van der Waals surface area contributed by atoms with Gasteiger partial charge in [0.05, 0.1) is 5.69 Å². The quantitative estimate of drug-likeness (QED) is 0.166. The van der Waals surface area contributed by atoms with Gasteiger partial charge in [0.15, 0.2) is 0 Å². The van der Waals surface area contributed by atoms with E-state index >= 15 is 0 Å². The highest BCUT2D eigenvalue weighted by Gasteiger charge is 2.45. The van der Waals surface area contributed by atoms with Gasteiger partial charge >= 0.3 is 0 Å². The fraction of sp³-hybridized carbons (Fsp3) is 0.148. The molecule has 0 atom stereocenters. The van der Waals surface area contributed by atoms with Crippen LogP contribution in [-0.4, -0.2) is 0 Å². The standard InChI is InChI=1S/C54H45N/c1-53(2)46-23-15-14-22-44(46)50-48(53)35-49-51(45-34-41(37-18-10-6-11-19-37)30-33-47(45)54(49,3)4)52(50)55(42-20-12-7-13-21-42)43-31-28-40(29-32-43)39-26-24-38(25-27-39)36-16-8-5-9-17-36/h5-10,12-18,20-35H,11,19H2,1-4H3. The van der Waals surface area contributed by atoms with Crippen molar-refractivity contribution in [3.05, 3.63) is 204 Å². The molecule has 3 aliphatic rings. The van der Waals surface area contributed by atoms with Crippen LogP contribution in [0, 0.1) is 0 Å². The van der Waals surface area contributed by atoms with Gasteiger partial charge < -0.3 is 4.90 Å². The molecule has 0 aromatic heterocycles. The number of fused-ring (bicyclic) bond motifs is 6. The zero-order valence-corrected chi connectivity index (χ0v) is 32.1. The molecule has 0 aliphatic heterocycles. The Kier molecular flexibility index (Phi) is 7.72. The summed E-state index contributed by atoms with van der Waals surface area (Å²) in [5.74, 6) is 0. The molecule has 3 aliphatic carbocycles. The average molecular weight is 708 g/mol. The van der Waals surface area contributed by atoms with Crippen LogP contribution in [0.5, 0.6) is 0 Å². The SMILES string of the molecule is CC1(C)c2ccccc2-c2c1cc1c(c2N(c2ccccc2)c2ccc(-c3ccc(-c4ccccc4)cc3)cc2)-c2cc(C3=CC=CCC3)ccc2C1(C)C. The van der Waals surface area contributed by atoms with E-state index in [9.17, 15) is 0 Å². The molecule has 55 heavy (non-hydrogen) atoms. The summed E-state index contributed by atoms with van der Waals surface area (Å²) >= 11 is 0. The molecule has 0 saturated carbocycles. The smallest absolute Gasteiger partial charge is 0.0624 e. The first kappa shape index (κ1) is 33.4. The maximum Gasteiger partial charge on any atom is 0.0624 e. The van der Waals surface area contributed by atoms with Gasteiger partial charge in [0.25, 0.3) is 0 Å². The Bertz CT molecular complexity index is 2650. The zero-order chi connectivity index (χ0) is 37.3. The van der Waals surface area contributed by atoms with Gasteiger partial charge in [-0.2, -0.15) is 0 Å². The zero-order valence-electron chi connectivity index (χ0n) is 32.1. The summed E-state index contributed by atoms with van der Waals surface area (Å²) in [4.78, 5) is 2.55. The lowest BCUT2D eigenvalue weighted by Crippen LogP contribution is -2.20. The number of para-hydroxylation sites is 1. The summed E-state index contributed by atoms with van der Waals surface area (Å²) in [5.41, 5.74) is 21.9. The van der Waals surface area contributed by atoms with Crippen LogP contribution in [0.2, 0.25) is 0 Å². The van der Waals surface area contributed by atoms with Gasteiger partial charge in [-0.3, -0.25) is 0 Å². The number of allylic oxidation sites excluding steroid dienone is 4. The molecule has 0 heterocycles. The number of anilines is 3. The Morgan fingerprint density at radius 3 is 1.58 bits per heavy atom. The lowest BCUT2D eigenvalue weighted by Gasteiger charge is -2.33. The minimum Gasteiger partial charge on any atom is -0.309 e. The van der Waals surface area contributed by atoms with Gasteiger partial charge in [0.1, 0.15) is 0 Å². The number of hydrogen-bond donors (Lipinski definition) is 0. The van der Waals surface area contributed by atoms with Gasteiger partial charge in [-0.05, 0) is 110 Å². The van der Waals surface area contributed by atoms with E-state index in [0.29, 0.717) is 0 Å². The molecule has 7 aromatic rings. The third kappa shape index (κ3) is 5.29. The van der Waals surface area contributed by atoms with E-state index in [1.54, 1.807) is 0 Å². The largest absolute Gasteiger partial charge is 0.309 e. The Morgan fingerprint density at radius 1 is 0.436 bits per heavy atom. The maximum absolute atomic E-state index is 2.57. The molecule has 10 rings (SSSR count). The second-order valence-electron chi connectivity index (χ2n) is 16.4. The Morgan fingerprint density at radius 2 is 0.945 bits per heavy atom. The van der Waals surface area contributed by atoms with Gasteiger partial charge in [-0.1, -0.05) is 173 Å². The lowest BCUT2D eigenvalue weighted by molar-refractivity contribution is 0.639. The first-order valence-electron chi connectivity index (χ1n) is 19.7. The fourth-order valence-corrected chi connectivity index (χ4v) is 9.57. The topological polar surface area (TPSA) is 3.24 Å². The van der Waals surface area contributed by atoms with Crippen molar-refractivity contribution in [1.29, 1.82) is 0 Å². The van der Waals surface area contributed by atoms with Crippen LogP contribution in [0.3, 0.4) is 0 Å². The summed E-state index contributed by atoms with van der Waals surface area (Å²) in [5, 5.41) is 0. The molecular formula is C54H45N. The number of rotatable bonds is 6. The highest BCUT2D eigenvalue weighted by molar-refractivity contribution is 6.06. The van der Waals surface area contributed by atoms with Crippen molar-refractivity contribution in [2.75, 3.05) is 4.90 Å². The van der Waals surface area contributed by atoms with E-state index in [0.717, 1.165) is 24.2 Å². The molecule has 0 fully saturated rings. The van der Waals surface area contributed by atoms with Crippen LogP contribution in [-0.2, 0) is 10.8 Å². The van der Waals surface area contributed by atoms with Crippen LogP contribution in [0.4, 0.5) is 17.1 Å². The van der Waals surface area contributed by atoms with E-state index in [-0.39, 0.29) is 10.8 Å².